The van der Waals surface area contributed by atoms with Crippen LogP contribution in [0, 0.1) is 0 Å². The van der Waals surface area contributed by atoms with Crippen molar-refractivity contribution in [1.29, 1.82) is 0 Å². The number of fused-ring (bicyclic) bond motifs is 2. The number of nitrogens with one attached hydrogen (secondary N) is 1. The molecule has 1 aromatic heterocycles. The molecule has 120 valence electrons. The Bertz CT molecular complexity index is 883. The van der Waals surface area contributed by atoms with Crippen LogP contribution in [0.15, 0.2) is 59.5 Å². The topological polar surface area (TPSA) is 42.0 Å². The van der Waals surface area contributed by atoms with E-state index in [0.29, 0.717) is 0 Å². The fourth-order valence-electron chi connectivity index (χ4n) is 2.82. The summed E-state index contributed by atoms with van der Waals surface area (Å²) in [4.78, 5) is 18.1. The van der Waals surface area contributed by atoms with Crippen molar-refractivity contribution in [1.82, 2.24) is 10.3 Å². The van der Waals surface area contributed by atoms with Crippen molar-refractivity contribution in [3.8, 4) is 0 Å². The molecular formula is C19H16N2OS2. The van der Waals surface area contributed by atoms with Crippen LogP contribution in [0.4, 0.5) is 0 Å². The molecule has 0 saturated heterocycles. The van der Waals surface area contributed by atoms with Gasteiger partial charge in [0.25, 0.3) is 0 Å². The van der Waals surface area contributed by atoms with Crippen molar-refractivity contribution < 1.29 is 4.79 Å². The average molecular weight is 352 g/mol. The molecule has 2 heterocycles. The van der Waals surface area contributed by atoms with E-state index in [1.165, 1.54) is 10.5 Å². The molecule has 0 bridgehead atoms. The molecular weight excluding hydrogens is 336 g/mol. The Kier molecular flexibility index (Phi) is 4.36. The molecule has 3 aromatic rings. The fourth-order valence-corrected chi connectivity index (χ4v) is 4.82. The second-order valence-electron chi connectivity index (χ2n) is 5.59. The zero-order chi connectivity index (χ0) is 16.4. The van der Waals surface area contributed by atoms with Crippen molar-refractivity contribution >= 4 is 45.3 Å². The number of para-hydroxylation sites is 1. The van der Waals surface area contributed by atoms with Crippen molar-refractivity contribution in [2.75, 3.05) is 5.75 Å². The molecule has 0 aliphatic carbocycles. The molecule has 1 amide bonds. The molecule has 0 spiro atoms. The summed E-state index contributed by atoms with van der Waals surface area (Å²) in [7, 11) is 0. The van der Waals surface area contributed by atoms with E-state index in [0.717, 1.165) is 27.4 Å². The maximum atomic E-state index is 12.3. The number of thioether (sulfide) groups is 1. The lowest BCUT2D eigenvalue weighted by Crippen LogP contribution is -2.29. The Balaban J connectivity index is 1.47. The molecule has 4 rings (SSSR count). The fraction of sp³-hybridized carbons (Fsp3) is 0.158. The zero-order valence-corrected chi connectivity index (χ0v) is 14.6. The normalized spacial score (nSPS) is 17.1. The Morgan fingerprint density at radius 3 is 2.92 bits per heavy atom. The van der Waals surface area contributed by atoms with E-state index in [9.17, 15) is 4.79 Å². The molecule has 0 saturated carbocycles. The van der Waals surface area contributed by atoms with Crippen molar-refractivity contribution in [3.05, 3.63) is 65.2 Å². The number of carbonyl (C=O) groups excluding carboxylic acids is 1. The largest absolute Gasteiger partial charge is 0.346 e. The van der Waals surface area contributed by atoms with Gasteiger partial charge in [-0.3, -0.25) is 4.79 Å². The van der Waals surface area contributed by atoms with Gasteiger partial charge in [-0.25, -0.2) is 4.98 Å². The maximum absolute atomic E-state index is 12.3. The van der Waals surface area contributed by atoms with Crippen LogP contribution in [0.25, 0.3) is 16.3 Å². The van der Waals surface area contributed by atoms with Gasteiger partial charge in [0.2, 0.25) is 5.91 Å². The highest BCUT2D eigenvalue weighted by atomic mass is 32.2. The van der Waals surface area contributed by atoms with Crippen LogP contribution in [-0.2, 0) is 4.79 Å². The molecule has 1 atom stereocenters. The number of benzene rings is 2. The summed E-state index contributed by atoms with van der Waals surface area (Å²) in [6.45, 7) is 0. The van der Waals surface area contributed by atoms with Crippen LogP contribution < -0.4 is 5.32 Å². The van der Waals surface area contributed by atoms with E-state index in [2.05, 4.69) is 22.4 Å². The first kappa shape index (κ1) is 15.4. The number of hydrogen-bond donors (Lipinski definition) is 1. The third kappa shape index (κ3) is 3.23. The first-order valence-corrected chi connectivity index (χ1v) is 9.66. The second kappa shape index (κ2) is 6.79. The standard InChI is InChI=1S/C19H16N2OS2/c22-18(9-10-19-21-15-6-2-4-8-17(15)24-19)20-14-11-12-23-16-7-3-1-5-13(14)16/h1-10,14H,11-12H2,(H,20,22)/b10-9+. The molecule has 3 nitrogen and oxygen atoms in total. The van der Waals surface area contributed by atoms with E-state index in [4.69, 9.17) is 0 Å². The summed E-state index contributed by atoms with van der Waals surface area (Å²) in [6, 6.07) is 16.4. The van der Waals surface area contributed by atoms with Gasteiger partial charge >= 0.3 is 0 Å². The summed E-state index contributed by atoms with van der Waals surface area (Å²) >= 11 is 3.45. The van der Waals surface area contributed by atoms with Gasteiger partial charge in [-0.2, -0.15) is 0 Å². The number of thiazole rings is 1. The van der Waals surface area contributed by atoms with E-state index in [-0.39, 0.29) is 11.9 Å². The van der Waals surface area contributed by atoms with Crippen LogP contribution in [0.2, 0.25) is 0 Å². The minimum absolute atomic E-state index is 0.0686. The Labute approximate surface area is 148 Å². The van der Waals surface area contributed by atoms with Gasteiger partial charge in [0.05, 0.1) is 16.3 Å². The zero-order valence-electron chi connectivity index (χ0n) is 12.9. The van der Waals surface area contributed by atoms with E-state index >= 15 is 0 Å². The number of rotatable bonds is 3. The van der Waals surface area contributed by atoms with Gasteiger partial charge < -0.3 is 5.32 Å². The molecule has 24 heavy (non-hydrogen) atoms. The number of hydrogen-bond acceptors (Lipinski definition) is 4. The molecule has 1 N–H and O–H groups in total. The average Bonchev–Trinajstić information content (AvgIpc) is 3.03. The predicted molar refractivity (Wildman–Crippen MR) is 101 cm³/mol. The minimum Gasteiger partial charge on any atom is -0.346 e. The van der Waals surface area contributed by atoms with Crippen molar-refractivity contribution in [2.24, 2.45) is 0 Å². The first-order valence-electron chi connectivity index (χ1n) is 7.85. The summed E-state index contributed by atoms with van der Waals surface area (Å²) < 4.78 is 1.13. The summed E-state index contributed by atoms with van der Waals surface area (Å²) in [5.41, 5.74) is 2.19. The van der Waals surface area contributed by atoms with Gasteiger partial charge in [-0.1, -0.05) is 30.3 Å². The lowest BCUT2D eigenvalue weighted by atomic mass is 10.0. The smallest absolute Gasteiger partial charge is 0.244 e. The third-order valence-corrected chi connectivity index (χ3v) is 6.09. The Morgan fingerprint density at radius 2 is 2.00 bits per heavy atom. The highest BCUT2D eigenvalue weighted by molar-refractivity contribution is 7.99. The van der Waals surface area contributed by atoms with Gasteiger partial charge in [0, 0.05) is 16.7 Å². The molecule has 1 aliphatic rings. The monoisotopic (exact) mass is 352 g/mol. The van der Waals surface area contributed by atoms with Crippen LogP contribution >= 0.6 is 23.1 Å². The van der Waals surface area contributed by atoms with E-state index in [1.807, 2.05) is 48.2 Å². The number of carbonyl (C=O) groups is 1. The summed E-state index contributed by atoms with van der Waals surface area (Å²) in [5, 5.41) is 3.97. The Hall–Kier alpha value is -2.11. The molecule has 1 unspecified atom stereocenters. The van der Waals surface area contributed by atoms with E-state index < -0.39 is 0 Å². The van der Waals surface area contributed by atoms with Crippen LogP contribution in [0.1, 0.15) is 23.0 Å². The third-order valence-electron chi connectivity index (χ3n) is 3.96. The number of nitrogens with zero attached hydrogens (tertiary/aromatic N) is 1. The predicted octanol–water partition coefficient (Wildman–Crippen LogP) is 4.66. The molecule has 0 radical (unpaired) electrons. The number of amides is 1. The Morgan fingerprint density at radius 1 is 1.17 bits per heavy atom. The second-order valence-corrected chi connectivity index (χ2v) is 7.79. The van der Waals surface area contributed by atoms with Crippen molar-refractivity contribution in [2.45, 2.75) is 17.4 Å². The quantitative estimate of drug-likeness (QED) is 0.697. The van der Waals surface area contributed by atoms with Crippen LogP contribution in [0.3, 0.4) is 0 Å². The van der Waals surface area contributed by atoms with Gasteiger partial charge in [0.15, 0.2) is 0 Å². The minimum atomic E-state index is -0.0686. The van der Waals surface area contributed by atoms with Crippen molar-refractivity contribution in [3.63, 3.8) is 0 Å². The number of aromatic nitrogens is 1. The maximum Gasteiger partial charge on any atom is 0.244 e. The first-order chi connectivity index (χ1) is 11.8. The highest BCUT2D eigenvalue weighted by Gasteiger charge is 2.21. The SMILES string of the molecule is O=C(/C=C/c1nc2ccccc2s1)NC1CCSc2ccccc21. The lowest BCUT2D eigenvalue weighted by Gasteiger charge is -2.25. The van der Waals surface area contributed by atoms with E-state index in [1.54, 1.807) is 23.5 Å². The highest BCUT2D eigenvalue weighted by Crippen LogP contribution is 2.35. The molecule has 0 fully saturated rings. The van der Waals surface area contributed by atoms with Crippen LogP contribution in [-0.4, -0.2) is 16.6 Å². The van der Waals surface area contributed by atoms with Gasteiger partial charge in [0.1, 0.15) is 5.01 Å². The molecule has 1 aliphatic heterocycles. The van der Waals surface area contributed by atoms with Gasteiger partial charge in [-0.15, -0.1) is 23.1 Å². The van der Waals surface area contributed by atoms with Gasteiger partial charge in [-0.05, 0) is 36.3 Å². The van der Waals surface area contributed by atoms with Crippen LogP contribution in [0.5, 0.6) is 0 Å². The lowest BCUT2D eigenvalue weighted by molar-refractivity contribution is -0.117. The molecule has 2 aromatic carbocycles. The molecule has 5 heteroatoms. The summed E-state index contributed by atoms with van der Waals surface area (Å²) in [6.07, 6.45) is 4.34. The summed E-state index contributed by atoms with van der Waals surface area (Å²) in [5.74, 6) is 0.963.